The van der Waals surface area contributed by atoms with Gasteiger partial charge in [-0.3, -0.25) is 9.59 Å². The van der Waals surface area contributed by atoms with Crippen molar-refractivity contribution in [1.29, 1.82) is 0 Å². The van der Waals surface area contributed by atoms with Crippen LogP contribution in [0, 0.1) is 12.7 Å². The zero-order valence-electron chi connectivity index (χ0n) is 21.5. The summed E-state index contributed by atoms with van der Waals surface area (Å²) in [5.41, 5.74) is 9.65. The van der Waals surface area contributed by atoms with Crippen LogP contribution in [0.1, 0.15) is 71.9 Å². The summed E-state index contributed by atoms with van der Waals surface area (Å²) >= 11 is 0. The SMILES string of the molecule is CC(=O)CC(C)=O.CN1[CH-]N2c3[c-]cc4c(c3N(C)c3cccc1c32)C(C)(C)CCC4(C)C.[Ir]. The molecule has 0 N–H and O–H groups in total. The van der Waals surface area contributed by atoms with Crippen molar-refractivity contribution < 1.29 is 29.7 Å². The van der Waals surface area contributed by atoms with Gasteiger partial charge < -0.3 is 14.7 Å². The number of benzene rings is 2. The van der Waals surface area contributed by atoms with E-state index in [9.17, 15) is 9.59 Å². The van der Waals surface area contributed by atoms with Crippen LogP contribution in [0.4, 0.5) is 28.4 Å². The third-order valence-electron chi connectivity index (χ3n) is 7.20. The van der Waals surface area contributed by atoms with E-state index < -0.39 is 0 Å². The van der Waals surface area contributed by atoms with Crippen molar-refractivity contribution in [3.63, 3.8) is 0 Å². The third kappa shape index (κ3) is 4.31. The number of Topliss-reactive ketones (excluding diaryl/α,β-unsaturated/α-hetero) is 2. The second-order valence-corrected chi connectivity index (χ2v) is 10.9. The summed E-state index contributed by atoms with van der Waals surface area (Å²) in [5.74, 6) is -0.125. The predicted molar refractivity (Wildman–Crippen MR) is 136 cm³/mol. The van der Waals surface area contributed by atoms with Crippen molar-refractivity contribution in [2.45, 2.75) is 71.6 Å². The molecule has 1 radical (unpaired) electrons. The van der Waals surface area contributed by atoms with E-state index in [1.807, 2.05) is 0 Å². The maximum Gasteiger partial charge on any atom is 0.137 e. The molecule has 1 aliphatic carbocycles. The Morgan fingerprint density at radius 2 is 1.56 bits per heavy atom. The number of para-hydroxylation sites is 1. The van der Waals surface area contributed by atoms with Gasteiger partial charge in [-0.25, -0.2) is 0 Å². The topological polar surface area (TPSA) is 43.9 Å². The Kier molecular flexibility index (Phi) is 7.09. The second-order valence-electron chi connectivity index (χ2n) is 10.9. The molecule has 0 atom stereocenters. The van der Waals surface area contributed by atoms with Crippen molar-refractivity contribution in [2.24, 2.45) is 0 Å². The van der Waals surface area contributed by atoms with Gasteiger partial charge in [0, 0.05) is 25.8 Å². The van der Waals surface area contributed by atoms with Gasteiger partial charge in [-0.05, 0) is 57.6 Å². The fourth-order valence-corrected chi connectivity index (χ4v) is 5.40. The fourth-order valence-electron chi connectivity index (χ4n) is 5.40. The predicted octanol–water partition coefficient (Wildman–Crippen LogP) is 6.18. The quantitative estimate of drug-likeness (QED) is 0.291. The van der Waals surface area contributed by atoms with E-state index in [2.05, 4.69) is 93.5 Å². The Hall–Kier alpha value is -2.17. The molecule has 185 valence electrons. The number of hydrogen-bond acceptors (Lipinski definition) is 5. The van der Waals surface area contributed by atoms with Crippen LogP contribution in [0.15, 0.2) is 24.3 Å². The number of nitrogens with zero attached hydrogens (tertiary/aromatic N) is 3. The molecule has 0 amide bonds. The van der Waals surface area contributed by atoms with E-state index >= 15 is 0 Å². The van der Waals surface area contributed by atoms with Crippen LogP contribution in [-0.4, -0.2) is 25.7 Å². The molecule has 2 aromatic rings. The minimum absolute atomic E-state index is 0. The van der Waals surface area contributed by atoms with Crippen LogP contribution in [0.5, 0.6) is 0 Å². The third-order valence-corrected chi connectivity index (χ3v) is 7.20. The van der Waals surface area contributed by atoms with E-state index in [4.69, 9.17) is 0 Å². The Bertz CT molecular complexity index is 1130. The molecule has 34 heavy (non-hydrogen) atoms. The van der Waals surface area contributed by atoms with Crippen molar-refractivity contribution in [2.75, 3.05) is 28.8 Å². The summed E-state index contributed by atoms with van der Waals surface area (Å²) in [7, 11) is 4.34. The van der Waals surface area contributed by atoms with Crippen LogP contribution in [0.3, 0.4) is 0 Å². The molecular formula is C28H35IrN3O2-2. The van der Waals surface area contributed by atoms with Crippen molar-refractivity contribution >= 4 is 40.0 Å². The van der Waals surface area contributed by atoms with Crippen molar-refractivity contribution in [1.82, 2.24) is 0 Å². The number of fused-ring (bicyclic) bond motifs is 4. The van der Waals surface area contributed by atoms with E-state index in [1.54, 1.807) is 0 Å². The number of carbonyl (C=O) groups is 2. The van der Waals surface area contributed by atoms with Crippen LogP contribution in [-0.2, 0) is 40.5 Å². The summed E-state index contributed by atoms with van der Waals surface area (Å²) < 4.78 is 0. The Morgan fingerprint density at radius 1 is 0.971 bits per heavy atom. The Morgan fingerprint density at radius 3 is 2.15 bits per heavy atom. The first-order valence-corrected chi connectivity index (χ1v) is 11.7. The zero-order valence-corrected chi connectivity index (χ0v) is 23.9. The van der Waals surface area contributed by atoms with E-state index in [0.29, 0.717) is 0 Å². The number of hydrogen-bond donors (Lipinski definition) is 0. The number of rotatable bonds is 2. The molecule has 0 fully saturated rings. The zero-order chi connectivity index (χ0) is 24.3. The van der Waals surface area contributed by atoms with Gasteiger partial charge in [-0.2, -0.15) is 18.8 Å². The van der Waals surface area contributed by atoms with Crippen LogP contribution < -0.4 is 14.7 Å². The van der Waals surface area contributed by atoms with Gasteiger partial charge in [0.2, 0.25) is 0 Å². The van der Waals surface area contributed by atoms with E-state index in [1.165, 1.54) is 66.3 Å². The van der Waals surface area contributed by atoms with Gasteiger partial charge in [-0.15, -0.1) is 11.1 Å². The molecule has 2 aromatic carbocycles. The Balaban J connectivity index is 0.000000357. The van der Waals surface area contributed by atoms with Gasteiger partial charge in [-0.1, -0.05) is 51.3 Å². The summed E-state index contributed by atoms with van der Waals surface area (Å²) in [5, 5.41) is 0. The van der Waals surface area contributed by atoms with Crippen LogP contribution in [0.25, 0.3) is 0 Å². The molecule has 0 aromatic heterocycles. The van der Waals surface area contributed by atoms with Gasteiger partial charge in [0.05, 0.1) is 17.8 Å². The first-order chi connectivity index (χ1) is 15.3. The maximum absolute atomic E-state index is 10.0. The van der Waals surface area contributed by atoms with E-state index in [0.717, 1.165) is 0 Å². The molecule has 0 saturated carbocycles. The van der Waals surface area contributed by atoms with E-state index in [-0.39, 0.29) is 48.9 Å². The number of ketones is 2. The molecule has 0 bridgehead atoms. The molecule has 5 nitrogen and oxygen atoms in total. The minimum atomic E-state index is -0.0625. The first kappa shape index (κ1) is 26.4. The van der Waals surface area contributed by atoms with Gasteiger partial charge >= 0.3 is 0 Å². The summed E-state index contributed by atoms with van der Waals surface area (Å²) in [6.07, 6.45) is 2.52. The summed E-state index contributed by atoms with van der Waals surface area (Å²) in [6.45, 7) is 14.6. The first-order valence-electron chi connectivity index (χ1n) is 11.7. The van der Waals surface area contributed by atoms with Gasteiger partial charge in [0.15, 0.2) is 0 Å². The second kappa shape index (κ2) is 9.12. The summed E-state index contributed by atoms with van der Waals surface area (Å²) in [6, 6.07) is 12.5. The van der Waals surface area contributed by atoms with Crippen LogP contribution in [0.2, 0.25) is 0 Å². The average Bonchev–Trinajstić information content (AvgIpc) is 3.06. The molecule has 0 spiro atoms. The van der Waals surface area contributed by atoms with Crippen molar-refractivity contribution in [3.05, 3.63) is 48.1 Å². The monoisotopic (exact) mass is 638 g/mol. The molecule has 5 rings (SSSR count). The average molecular weight is 638 g/mol. The minimum Gasteiger partial charge on any atom is -0.504 e. The number of anilines is 5. The van der Waals surface area contributed by atoms with Crippen LogP contribution >= 0.6 is 0 Å². The normalized spacial score (nSPS) is 18.1. The maximum atomic E-state index is 10.0. The largest absolute Gasteiger partial charge is 0.504 e. The molecule has 0 saturated heterocycles. The van der Waals surface area contributed by atoms with Gasteiger partial charge in [0.1, 0.15) is 11.6 Å². The summed E-state index contributed by atoms with van der Waals surface area (Å²) in [4.78, 5) is 27.0. The smallest absolute Gasteiger partial charge is 0.137 e. The molecular weight excluding hydrogens is 603 g/mol. The number of carbonyl (C=O) groups excluding carboxylic acids is 2. The van der Waals surface area contributed by atoms with Crippen molar-refractivity contribution in [3.8, 4) is 0 Å². The molecule has 3 aliphatic rings. The Labute approximate surface area is 217 Å². The van der Waals surface area contributed by atoms with Gasteiger partial charge in [0.25, 0.3) is 0 Å². The molecule has 2 heterocycles. The standard InChI is InChI=1S/C23H27N3.C5H8O2.Ir/c1-22(2)12-13-23(3,4)19-15(22)10-11-18-21(19)25(6)17-9-7-8-16-20(17)26(18)14-24(16)5;1-4(6)3-5(2)7;/h7-10,14H,12-13H2,1-6H3;3H2,1-2H3;/q-2;;. The molecule has 0 unspecified atom stereocenters. The molecule has 2 aliphatic heterocycles. The molecule has 6 heteroatoms. The fraction of sp³-hybridized carbons (Fsp3) is 0.464.